The van der Waals surface area contributed by atoms with Gasteiger partial charge in [-0.25, -0.2) is 14.8 Å². The number of benzene rings is 10. The van der Waals surface area contributed by atoms with E-state index >= 15 is 0 Å². The molecular formula is C94H106N10O17S2. The van der Waals surface area contributed by atoms with Crippen LogP contribution in [0.1, 0.15) is 168 Å². The van der Waals surface area contributed by atoms with Crippen LogP contribution < -0.4 is 28.3 Å². The SMILES string of the molecule is NCCc1ccc([N+](=O)[O-])cc1.Nc1ccc(CCCC[C@H](O)c2ccccc2)cc1.Nc1nc(CC(=O)Nc2ccc(CCCC[C@H](O)c3ccccc3)cc2)cs1.Nc1nc(CC(=O)O)cs1.O=C(CCCc1ccc([N+](=O)[O-])cc1)[C@H](O)c1ccccc1.O=C(O)[C@H](O)c1ccccc1.O=[N+]([O-])c1ccc(CCCC[C@H](O)c2ccccc2)cc1. The maximum Gasteiger partial charge on any atom is 0.337 e. The summed E-state index contributed by atoms with van der Waals surface area (Å²) in [6.45, 7) is 0.567. The monoisotopic (exact) mass is 1710 g/mol. The number of nitrogens with one attached hydrogen (secondary N) is 1. The van der Waals surface area contributed by atoms with Crippen LogP contribution in [0.4, 0.5) is 38.7 Å². The standard InChI is InChI=1S/C22H25N3O2S.C17H17NO4.C17H19NO3.C17H21NO.C8H10N2O2.C8H8O3.C5H6N2O2S/c23-22-25-19(15-28-22)14-21(27)24-18-12-10-16(11-13-18)6-4-5-9-20(26)17-7-2-1-3-8-17;19-16(17(20)14-6-2-1-3-7-14)8-4-5-13-9-11-15(12-10-13)18(21)22;19-17(15-7-2-1-3-8-15)9-5-4-6-14-10-12-16(13-11-14)18(20)21;18-16-12-10-14(11-13-16)6-4-5-9-17(19)15-7-2-1-3-8-15;9-6-5-7-1-3-8(4-2-7)10(11)12;9-7(8(10)11)6-4-2-1-3-5-6;6-5-7-3(2-10-5)1-4(8)9/h1-3,7-8,10-13,15,20,26H,4-6,9,14H2,(H2,23,25)(H,24,27);1-3,6-7,9-12,17,20H,4-5,8H2;1-3,7-8,10-13,17,19H,4-6,9H2;1-3,7-8,10-13,17,19H,4-6,9,18H2;1-4H,5-6,9H2;1-5,7,9H,(H,10,11);2H,1H2,(H2,6,7)(H,8,9)/t20-;3*17-;;7-;/m0100.1./s1. The molecule has 0 saturated heterocycles. The number of aryl methyl sites for hydroxylation is 4. The first-order valence-electron chi connectivity index (χ1n) is 39.9. The molecule has 0 aliphatic rings. The van der Waals surface area contributed by atoms with Crippen molar-refractivity contribution in [1.29, 1.82) is 0 Å². The van der Waals surface area contributed by atoms with Gasteiger partial charge in [-0.1, -0.05) is 232 Å². The van der Waals surface area contributed by atoms with E-state index in [9.17, 15) is 69.9 Å². The number of ketones is 1. The first kappa shape index (κ1) is 98.7. The van der Waals surface area contributed by atoms with E-state index in [4.69, 9.17) is 38.3 Å². The highest BCUT2D eigenvalue weighted by atomic mass is 32.1. The summed E-state index contributed by atoms with van der Waals surface area (Å²) >= 11 is 2.59. The second-order valence-electron chi connectivity index (χ2n) is 28.2. The Hall–Kier alpha value is -13.1. The smallest absolute Gasteiger partial charge is 0.337 e. The number of carboxylic acids is 2. The van der Waals surface area contributed by atoms with Crippen LogP contribution in [0.3, 0.4) is 0 Å². The van der Waals surface area contributed by atoms with Gasteiger partial charge in [0.05, 0.1) is 57.3 Å². The number of carbonyl (C=O) groups excluding carboxylic acids is 2. The van der Waals surface area contributed by atoms with Gasteiger partial charge in [-0.05, 0) is 163 Å². The largest absolute Gasteiger partial charge is 0.481 e. The number of Topliss-reactive ketones (excluding diaryl/α,β-unsaturated/α-hetero) is 1. The molecule has 0 aliphatic carbocycles. The van der Waals surface area contributed by atoms with E-state index in [-0.39, 0.29) is 59.0 Å². The molecule has 1 amide bonds. The first-order valence-corrected chi connectivity index (χ1v) is 41.6. The van der Waals surface area contributed by atoms with E-state index < -0.39 is 46.2 Å². The van der Waals surface area contributed by atoms with Gasteiger partial charge in [0, 0.05) is 65.0 Å². The number of non-ortho nitro benzene ring substituents is 3. The number of nitro groups is 3. The van der Waals surface area contributed by atoms with Crippen LogP contribution in [0.15, 0.2) is 284 Å². The van der Waals surface area contributed by atoms with E-state index in [2.05, 4.69) is 27.4 Å². The van der Waals surface area contributed by atoms with E-state index in [1.165, 1.54) is 70.2 Å². The number of hydrogen-bond acceptors (Lipinski definition) is 23. The van der Waals surface area contributed by atoms with Gasteiger partial charge in [-0.2, -0.15) is 0 Å². The van der Waals surface area contributed by atoms with Crippen molar-refractivity contribution in [3.8, 4) is 0 Å². The highest BCUT2D eigenvalue weighted by Gasteiger charge is 2.19. The number of thiazole rings is 2. The minimum absolute atomic E-state index is 0.0479. The summed E-state index contributed by atoms with van der Waals surface area (Å²) in [5.41, 5.74) is 34.5. The van der Waals surface area contributed by atoms with E-state index in [1.807, 2.05) is 133 Å². The van der Waals surface area contributed by atoms with Crippen molar-refractivity contribution in [3.63, 3.8) is 0 Å². The van der Waals surface area contributed by atoms with Crippen LogP contribution in [-0.2, 0) is 64.1 Å². The van der Waals surface area contributed by atoms with Crippen molar-refractivity contribution >= 4 is 85.0 Å². The molecule has 10 aromatic carbocycles. The van der Waals surface area contributed by atoms with Crippen LogP contribution in [0, 0.1) is 30.3 Å². The molecule has 12 aromatic rings. The zero-order valence-corrected chi connectivity index (χ0v) is 69.7. The van der Waals surface area contributed by atoms with Gasteiger partial charge in [0.25, 0.3) is 17.1 Å². The number of amides is 1. The number of aliphatic hydroxyl groups excluding tert-OH is 5. The minimum atomic E-state index is -1.41. The molecule has 29 heteroatoms. The molecule has 0 fully saturated rings. The van der Waals surface area contributed by atoms with Crippen LogP contribution in [0.5, 0.6) is 0 Å². The van der Waals surface area contributed by atoms with E-state index in [0.717, 1.165) is 128 Å². The second-order valence-corrected chi connectivity index (χ2v) is 30.0. The molecule has 16 N–H and O–H groups in total. The third-order valence-corrected chi connectivity index (χ3v) is 20.1. The van der Waals surface area contributed by atoms with Gasteiger partial charge in [0.1, 0.15) is 6.10 Å². The fourth-order valence-corrected chi connectivity index (χ4v) is 13.1. The number of nitro benzene ring substituents is 3. The summed E-state index contributed by atoms with van der Waals surface area (Å²) in [4.78, 5) is 82.3. The molecular weight excluding hydrogens is 1610 g/mol. The number of carbonyl (C=O) groups is 4. The van der Waals surface area contributed by atoms with Crippen molar-refractivity contribution in [1.82, 2.24) is 9.97 Å². The lowest BCUT2D eigenvalue weighted by Gasteiger charge is -2.10. The maximum atomic E-state index is 12.1. The number of anilines is 4. The number of unbranched alkanes of at least 4 members (excludes halogenated alkanes) is 3. The summed E-state index contributed by atoms with van der Waals surface area (Å²) in [7, 11) is 0. The number of nitrogens with zero attached hydrogens (tertiary/aromatic N) is 5. The Kier molecular flexibility index (Phi) is 44.7. The average molecular weight is 1710 g/mol. The van der Waals surface area contributed by atoms with Crippen molar-refractivity contribution in [2.75, 3.05) is 29.1 Å². The van der Waals surface area contributed by atoms with E-state index in [1.54, 1.807) is 102 Å². The number of aromatic nitrogens is 2. The lowest BCUT2D eigenvalue weighted by Crippen LogP contribution is -2.14. The number of carboxylic acid groups (broad SMARTS) is 2. The average Bonchev–Trinajstić information content (AvgIpc) is 1.53. The van der Waals surface area contributed by atoms with Crippen molar-refractivity contribution in [2.24, 2.45) is 5.73 Å². The fraction of sp³-hybridized carbons (Fsp3) is 0.255. The number of nitrogen functional groups attached to an aromatic ring is 3. The summed E-state index contributed by atoms with van der Waals surface area (Å²) < 4.78 is 0. The zero-order chi connectivity index (χ0) is 89.1. The molecule has 27 nitrogen and oxygen atoms in total. The molecule has 2 aromatic heterocycles. The summed E-state index contributed by atoms with van der Waals surface area (Å²) in [5, 5.41) is 104. The lowest BCUT2D eigenvalue weighted by atomic mass is 10.00. The topological polar surface area (TPSA) is 481 Å². The Morgan fingerprint density at radius 3 is 0.984 bits per heavy atom. The molecule has 123 heavy (non-hydrogen) atoms. The van der Waals surface area contributed by atoms with Gasteiger partial charge < -0.3 is 64.0 Å². The Labute approximate surface area is 722 Å². The number of nitrogens with two attached hydrogens (primary N) is 4. The summed E-state index contributed by atoms with van der Waals surface area (Å²) in [6, 6.07) is 81.7. The van der Waals surface area contributed by atoms with Crippen molar-refractivity contribution in [3.05, 3.63) is 381 Å². The normalized spacial score (nSPS) is 11.6. The Morgan fingerprint density at radius 2 is 0.675 bits per heavy atom. The molecule has 5 atom stereocenters. The fourth-order valence-electron chi connectivity index (χ4n) is 12.0. The molecule has 0 spiro atoms. The highest BCUT2D eigenvalue weighted by molar-refractivity contribution is 7.13. The minimum Gasteiger partial charge on any atom is -0.481 e. The number of aliphatic hydroxyl groups is 5. The van der Waals surface area contributed by atoms with Gasteiger partial charge in [0.15, 0.2) is 22.2 Å². The van der Waals surface area contributed by atoms with Crippen LogP contribution in [0.25, 0.3) is 0 Å². The van der Waals surface area contributed by atoms with Crippen molar-refractivity contribution in [2.45, 2.75) is 146 Å². The number of hydrogen-bond donors (Lipinski definition) is 12. The molecule has 12 rings (SSSR count). The third kappa shape index (κ3) is 39.8. The third-order valence-electron chi connectivity index (χ3n) is 18.7. The van der Waals surface area contributed by atoms with Crippen LogP contribution in [0.2, 0.25) is 0 Å². The quantitative estimate of drug-likeness (QED) is 0.00751. The molecule has 0 saturated carbocycles. The van der Waals surface area contributed by atoms with Crippen molar-refractivity contribution < 1.29 is 69.7 Å². The Balaban J connectivity index is 0.000000228. The van der Waals surface area contributed by atoms with Gasteiger partial charge in [-0.3, -0.25) is 44.7 Å². The lowest BCUT2D eigenvalue weighted by molar-refractivity contribution is -0.385. The van der Waals surface area contributed by atoms with Crippen LogP contribution >= 0.6 is 22.7 Å². The number of rotatable bonds is 36. The first-order chi connectivity index (χ1) is 59.2. The highest BCUT2D eigenvalue weighted by Crippen LogP contribution is 2.26. The summed E-state index contributed by atoms with van der Waals surface area (Å²) in [6.07, 6.45) is 9.97. The van der Waals surface area contributed by atoms with Gasteiger partial charge in [-0.15, -0.1) is 22.7 Å². The molecule has 646 valence electrons. The molecule has 0 radical (unpaired) electrons. The van der Waals surface area contributed by atoms with E-state index in [0.29, 0.717) is 52.2 Å². The zero-order valence-electron chi connectivity index (χ0n) is 68.0. The molecule has 0 aliphatic heterocycles. The van der Waals surface area contributed by atoms with Gasteiger partial charge >= 0.3 is 11.9 Å². The molecule has 2 heterocycles. The second kappa shape index (κ2) is 55.7. The maximum absolute atomic E-state index is 12.1. The predicted molar refractivity (Wildman–Crippen MR) is 481 cm³/mol. The number of aliphatic carboxylic acids is 2. The Morgan fingerprint density at radius 1 is 0.374 bits per heavy atom. The predicted octanol–water partition coefficient (Wildman–Crippen LogP) is 17.6. The van der Waals surface area contributed by atoms with Gasteiger partial charge in [0.2, 0.25) is 5.91 Å². The molecule has 0 bridgehead atoms. The molecule has 0 unspecified atom stereocenters. The van der Waals surface area contributed by atoms with Crippen LogP contribution in [-0.4, -0.2) is 90.7 Å². The summed E-state index contributed by atoms with van der Waals surface area (Å²) in [5.74, 6) is -2.43. The Bertz CT molecular complexity index is 5050.